The first-order chi connectivity index (χ1) is 11.2. The SMILES string of the molecule is CO/C(C1=CNCC=C1)=C1/C=C(c2ccnc(N)n2)C=CC1=N. The van der Waals surface area contributed by atoms with Crippen molar-refractivity contribution in [3.05, 3.63) is 71.4 Å². The van der Waals surface area contributed by atoms with Crippen LogP contribution in [0, 0.1) is 5.41 Å². The Balaban J connectivity index is 2.08. The lowest BCUT2D eigenvalue weighted by atomic mass is 9.94. The molecule has 4 N–H and O–H groups in total. The quantitative estimate of drug-likeness (QED) is 0.742. The maximum absolute atomic E-state index is 8.19. The van der Waals surface area contributed by atoms with Gasteiger partial charge in [-0.05, 0) is 18.2 Å². The summed E-state index contributed by atoms with van der Waals surface area (Å²) < 4.78 is 5.55. The smallest absolute Gasteiger partial charge is 0.220 e. The molecule has 1 aromatic heterocycles. The predicted octanol–water partition coefficient (Wildman–Crippen LogP) is 1.98. The van der Waals surface area contributed by atoms with Crippen molar-refractivity contribution in [2.24, 2.45) is 0 Å². The fourth-order valence-electron chi connectivity index (χ4n) is 2.42. The molecule has 2 aliphatic rings. The zero-order valence-corrected chi connectivity index (χ0v) is 12.7. The summed E-state index contributed by atoms with van der Waals surface area (Å²) >= 11 is 0. The molecule has 23 heavy (non-hydrogen) atoms. The van der Waals surface area contributed by atoms with Gasteiger partial charge in [0.1, 0.15) is 5.76 Å². The fraction of sp³-hybridized carbons (Fsp3) is 0.118. The molecule has 116 valence electrons. The van der Waals surface area contributed by atoms with E-state index in [1.54, 1.807) is 25.4 Å². The Kier molecular flexibility index (Phi) is 4.05. The van der Waals surface area contributed by atoms with Crippen LogP contribution >= 0.6 is 0 Å². The molecule has 1 aliphatic heterocycles. The number of hydrogen-bond donors (Lipinski definition) is 3. The molecule has 1 aliphatic carbocycles. The molecule has 6 heteroatoms. The highest BCUT2D eigenvalue weighted by molar-refractivity contribution is 6.13. The van der Waals surface area contributed by atoms with E-state index in [4.69, 9.17) is 15.9 Å². The molecule has 0 bridgehead atoms. The summed E-state index contributed by atoms with van der Waals surface area (Å²) in [6, 6.07) is 1.78. The average Bonchev–Trinajstić information content (AvgIpc) is 2.58. The predicted molar refractivity (Wildman–Crippen MR) is 90.5 cm³/mol. The minimum absolute atomic E-state index is 0.220. The molecule has 0 radical (unpaired) electrons. The van der Waals surface area contributed by atoms with Crippen LogP contribution in [0.3, 0.4) is 0 Å². The number of nitrogens with two attached hydrogens (primary N) is 1. The van der Waals surface area contributed by atoms with Crippen molar-refractivity contribution < 1.29 is 4.74 Å². The Bertz CT molecular complexity index is 799. The highest BCUT2D eigenvalue weighted by Gasteiger charge is 2.18. The van der Waals surface area contributed by atoms with Gasteiger partial charge in [-0.1, -0.05) is 18.2 Å². The normalized spacial score (nSPS) is 18.9. The molecule has 0 amide bonds. The largest absolute Gasteiger partial charge is 0.495 e. The Morgan fingerprint density at radius 3 is 2.91 bits per heavy atom. The Morgan fingerprint density at radius 2 is 2.22 bits per heavy atom. The summed E-state index contributed by atoms with van der Waals surface area (Å²) in [6.07, 6.45) is 12.9. The van der Waals surface area contributed by atoms with Crippen molar-refractivity contribution in [2.45, 2.75) is 0 Å². The standard InChI is InChI=1S/C17H17N5O/c1-23-16(12-3-2-7-20-10-12)13-9-11(4-5-14(13)18)15-6-8-21-17(19)22-15/h2-6,8-10,18,20H,7H2,1H3,(H2,19,21,22)/b16-13-,18-14?. The number of nitrogens with one attached hydrogen (secondary N) is 2. The van der Waals surface area contributed by atoms with Gasteiger partial charge in [0, 0.05) is 35.7 Å². The van der Waals surface area contributed by atoms with Crippen molar-refractivity contribution in [3.63, 3.8) is 0 Å². The summed E-state index contributed by atoms with van der Waals surface area (Å²) in [6.45, 7) is 0.786. The van der Waals surface area contributed by atoms with E-state index in [1.165, 1.54) is 0 Å². The third-order valence-corrected chi connectivity index (χ3v) is 3.49. The summed E-state index contributed by atoms with van der Waals surface area (Å²) in [5, 5.41) is 11.3. The number of nitrogen functional groups attached to an aromatic ring is 1. The van der Waals surface area contributed by atoms with E-state index in [0.717, 1.165) is 17.7 Å². The van der Waals surface area contributed by atoms with Crippen LogP contribution in [0.1, 0.15) is 5.69 Å². The number of nitrogens with zero attached hydrogens (tertiary/aromatic N) is 2. The zero-order valence-electron chi connectivity index (χ0n) is 12.7. The van der Waals surface area contributed by atoms with Gasteiger partial charge >= 0.3 is 0 Å². The van der Waals surface area contributed by atoms with Crippen molar-refractivity contribution in [1.82, 2.24) is 15.3 Å². The summed E-state index contributed by atoms with van der Waals surface area (Å²) in [4.78, 5) is 8.13. The lowest BCUT2D eigenvalue weighted by molar-refractivity contribution is 0.300. The summed E-state index contributed by atoms with van der Waals surface area (Å²) in [5.74, 6) is 0.861. The first kappa shape index (κ1) is 14.8. The monoisotopic (exact) mass is 307 g/mol. The summed E-state index contributed by atoms with van der Waals surface area (Å²) in [5.41, 5.74) is 9.19. The van der Waals surface area contributed by atoms with Crippen molar-refractivity contribution in [1.29, 1.82) is 5.41 Å². The maximum Gasteiger partial charge on any atom is 0.220 e. The van der Waals surface area contributed by atoms with Gasteiger partial charge < -0.3 is 21.2 Å². The van der Waals surface area contributed by atoms with Gasteiger partial charge in [0.2, 0.25) is 5.95 Å². The van der Waals surface area contributed by atoms with E-state index in [9.17, 15) is 0 Å². The molecule has 2 heterocycles. The molecule has 0 unspecified atom stereocenters. The van der Waals surface area contributed by atoms with E-state index in [0.29, 0.717) is 22.7 Å². The Morgan fingerprint density at radius 1 is 1.35 bits per heavy atom. The highest BCUT2D eigenvalue weighted by atomic mass is 16.5. The second-order valence-electron chi connectivity index (χ2n) is 5.00. The van der Waals surface area contributed by atoms with Crippen molar-refractivity contribution >= 4 is 17.2 Å². The first-order valence-corrected chi connectivity index (χ1v) is 7.15. The van der Waals surface area contributed by atoms with Gasteiger partial charge in [0.25, 0.3) is 0 Å². The van der Waals surface area contributed by atoms with Crippen LogP contribution in [0.2, 0.25) is 0 Å². The van der Waals surface area contributed by atoms with Gasteiger partial charge in [-0.2, -0.15) is 0 Å². The molecule has 0 saturated carbocycles. The molecule has 0 saturated heterocycles. The Labute approximate surface area is 134 Å². The van der Waals surface area contributed by atoms with Gasteiger partial charge in [-0.3, -0.25) is 0 Å². The van der Waals surface area contributed by atoms with Gasteiger partial charge in [0.15, 0.2) is 0 Å². The molecular weight excluding hydrogens is 290 g/mol. The molecule has 0 atom stereocenters. The van der Waals surface area contributed by atoms with Crippen LogP contribution in [0.15, 0.2) is 65.7 Å². The van der Waals surface area contributed by atoms with E-state index < -0.39 is 0 Å². The van der Waals surface area contributed by atoms with Crippen LogP contribution in [-0.2, 0) is 4.74 Å². The molecule has 0 aromatic carbocycles. The van der Waals surface area contributed by atoms with Gasteiger partial charge in [-0.25, -0.2) is 9.97 Å². The third-order valence-electron chi connectivity index (χ3n) is 3.49. The van der Waals surface area contributed by atoms with Crippen molar-refractivity contribution in [3.8, 4) is 0 Å². The minimum atomic E-state index is 0.220. The number of hydrogen-bond acceptors (Lipinski definition) is 6. The number of rotatable bonds is 3. The van der Waals surface area contributed by atoms with Crippen LogP contribution in [0.4, 0.5) is 5.95 Å². The Hall–Kier alpha value is -3.15. The van der Waals surface area contributed by atoms with E-state index in [-0.39, 0.29) is 5.95 Å². The van der Waals surface area contributed by atoms with Gasteiger partial charge in [0.05, 0.1) is 18.5 Å². The lowest BCUT2D eigenvalue weighted by Crippen LogP contribution is -2.13. The van der Waals surface area contributed by atoms with Crippen LogP contribution in [0.5, 0.6) is 0 Å². The minimum Gasteiger partial charge on any atom is -0.495 e. The average molecular weight is 307 g/mol. The first-order valence-electron chi connectivity index (χ1n) is 7.15. The van der Waals surface area contributed by atoms with E-state index >= 15 is 0 Å². The summed E-state index contributed by atoms with van der Waals surface area (Å²) in [7, 11) is 1.60. The number of allylic oxidation sites excluding steroid dienone is 6. The van der Waals surface area contributed by atoms with Crippen LogP contribution < -0.4 is 11.1 Å². The highest BCUT2D eigenvalue weighted by Crippen LogP contribution is 2.27. The number of methoxy groups -OCH3 is 1. The maximum atomic E-state index is 8.19. The number of dihydropyridines is 1. The number of aromatic nitrogens is 2. The molecule has 1 aromatic rings. The lowest BCUT2D eigenvalue weighted by Gasteiger charge is -2.18. The van der Waals surface area contributed by atoms with Crippen molar-refractivity contribution in [2.75, 3.05) is 19.4 Å². The molecular formula is C17H17N5O. The molecule has 0 fully saturated rings. The van der Waals surface area contributed by atoms with Gasteiger partial charge in [-0.15, -0.1) is 0 Å². The molecule has 3 rings (SSSR count). The second-order valence-corrected chi connectivity index (χ2v) is 5.00. The number of ether oxygens (including phenoxy) is 1. The molecule has 0 spiro atoms. The van der Waals surface area contributed by atoms with E-state index in [2.05, 4.69) is 15.3 Å². The second kappa shape index (κ2) is 6.31. The fourth-order valence-corrected chi connectivity index (χ4v) is 2.42. The topological polar surface area (TPSA) is 96.9 Å². The third kappa shape index (κ3) is 3.06. The number of anilines is 1. The van der Waals surface area contributed by atoms with Crippen LogP contribution in [-0.4, -0.2) is 29.3 Å². The van der Waals surface area contributed by atoms with E-state index in [1.807, 2.05) is 30.5 Å². The van der Waals surface area contributed by atoms with Crippen LogP contribution in [0.25, 0.3) is 5.57 Å². The zero-order chi connectivity index (χ0) is 16.2. The molecule has 6 nitrogen and oxygen atoms in total.